The lowest BCUT2D eigenvalue weighted by molar-refractivity contribution is -0.151. The van der Waals surface area contributed by atoms with Crippen molar-refractivity contribution in [3.8, 4) is 0 Å². The SMILES string of the molecule is C[C@@H]1CN([C@@H]2CC[C@@H]2C(=O)O)CCO1. The molecule has 0 amide bonds. The third kappa shape index (κ3) is 1.77. The second-order valence-corrected chi connectivity index (χ2v) is 4.27. The van der Waals surface area contributed by atoms with Crippen LogP contribution in [-0.4, -0.2) is 47.8 Å². The molecule has 3 atom stereocenters. The zero-order chi connectivity index (χ0) is 10.1. The Hall–Kier alpha value is -0.610. The molecule has 0 bridgehead atoms. The number of aliphatic carboxylic acids is 1. The second-order valence-electron chi connectivity index (χ2n) is 4.27. The molecule has 80 valence electrons. The first-order chi connectivity index (χ1) is 6.68. The highest BCUT2D eigenvalue weighted by Crippen LogP contribution is 2.33. The van der Waals surface area contributed by atoms with Crippen molar-refractivity contribution in [2.24, 2.45) is 5.92 Å². The molecule has 4 nitrogen and oxygen atoms in total. The number of ether oxygens (including phenoxy) is 1. The van der Waals surface area contributed by atoms with E-state index in [2.05, 4.69) is 4.90 Å². The van der Waals surface area contributed by atoms with Gasteiger partial charge < -0.3 is 9.84 Å². The molecule has 4 heteroatoms. The number of carboxylic acids is 1. The van der Waals surface area contributed by atoms with Crippen LogP contribution in [-0.2, 0) is 9.53 Å². The fourth-order valence-corrected chi connectivity index (χ4v) is 2.35. The van der Waals surface area contributed by atoms with Crippen LogP contribution in [0.3, 0.4) is 0 Å². The van der Waals surface area contributed by atoms with Gasteiger partial charge in [-0.1, -0.05) is 0 Å². The van der Waals surface area contributed by atoms with E-state index >= 15 is 0 Å². The van der Waals surface area contributed by atoms with E-state index in [0.29, 0.717) is 0 Å². The molecule has 2 rings (SSSR count). The van der Waals surface area contributed by atoms with E-state index in [4.69, 9.17) is 9.84 Å². The monoisotopic (exact) mass is 199 g/mol. The minimum atomic E-state index is -0.639. The largest absolute Gasteiger partial charge is 0.481 e. The van der Waals surface area contributed by atoms with Gasteiger partial charge in [-0.2, -0.15) is 0 Å². The molecule has 0 aromatic heterocycles. The number of rotatable bonds is 2. The first kappa shape index (κ1) is 9.93. The third-order valence-corrected chi connectivity index (χ3v) is 3.30. The van der Waals surface area contributed by atoms with Crippen LogP contribution in [0.5, 0.6) is 0 Å². The number of hydrogen-bond donors (Lipinski definition) is 1. The number of carbonyl (C=O) groups is 1. The van der Waals surface area contributed by atoms with Gasteiger partial charge in [0.2, 0.25) is 0 Å². The first-order valence-corrected chi connectivity index (χ1v) is 5.27. The van der Waals surface area contributed by atoms with Crippen molar-refractivity contribution < 1.29 is 14.6 Å². The summed E-state index contributed by atoms with van der Waals surface area (Å²) >= 11 is 0. The van der Waals surface area contributed by atoms with Crippen LogP contribution in [0.2, 0.25) is 0 Å². The highest BCUT2D eigenvalue weighted by molar-refractivity contribution is 5.72. The van der Waals surface area contributed by atoms with Gasteiger partial charge in [0.1, 0.15) is 0 Å². The summed E-state index contributed by atoms with van der Waals surface area (Å²) in [5.74, 6) is -0.777. The average Bonchev–Trinajstić information content (AvgIpc) is 2.00. The average molecular weight is 199 g/mol. The molecule has 0 radical (unpaired) electrons. The Balaban J connectivity index is 1.91. The van der Waals surface area contributed by atoms with Gasteiger partial charge in [0.05, 0.1) is 18.6 Å². The quantitative estimate of drug-likeness (QED) is 0.706. The van der Waals surface area contributed by atoms with Gasteiger partial charge in [-0.15, -0.1) is 0 Å². The van der Waals surface area contributed by atoms with Crippen LogP contribution < -0.4 is 0 Å². The van der Waals surface area contributed by atoms with Gasteiger partial charge in [0, 0.05) is 19.1 Å². The number of hydrogen-bond acceptors (Lipinski definition) is 3. The summed E-state index contributed by atoms with van der Waals surface area (Å²) in [6, 6.07) is 0.263. The zero-order valence-electron chi connectivity index (χ0n) is 8.48. The lowest BCUT2D eigenvalue weighted by atomic mass is 9.78. The summed E-state index contributed by atoms with van der Waals surface area (Å²) in [5.41, 5.74) is 0. The Morgan fingerprint density at radius 3 is 2.79 bits per heavy atom. The molecule has 2 aliphatic rings. The van der Waals surface area contributed by atoms with Gasteiger partial charge in [0.25, 0.3) is 0 Å². The minimum Gasteiger partial charge on any atom is -0.481 e. The topological polar surface area (TPSA) is 49.8 Å². The van der Waals surface area contributed by atoms with E-state index in [1.54, 1.807) is 0 Å². The molecule has 1 saturated heterocycles. The number of morpholine rings is 1. The fraction of sp³-hybridized carbons (Fsp3) is 0.900. The fourth-order valence-electron chi connectivity index (χ4n) is 2.35. The van der Waals surface area contributed by atoms with Gasteiger partial charge in [0.15, 0.2) is 0 Å². The zero-order valence-corrected chi connectivity index (χ0v) is 8.48. The summed E-state index contributed by atoms with van der Waals surface area (Å²) < 4.78 is 5.43. The third-order valence-electron chi connectivity index (χ3n) is 3.30. The Bertz CT molecular complexity index is 231. The van der Waals surface area contributed by atoms with Crippen LogP contribution in [0.25, 0.3) is 0 Å². The van der Waals surface area contributed by atoms with Crippen LogP contribution in [0.4, 0.5) is 0 Å². The second kappa shape index (κ2) is 3.87. The maximum atomic E-state index is 10.9. The smallest absolute Gasteiger partial charge is 0.308 e. The van der Waals surface area contributed by atoms with Crippen molar-refractivity contribution in [3.63, 3.8) is 0 Å². The molecular weight excluding hydrogens is 182 g/mol. The molecule has 0 aromatic carbocycles. The lowest BCUT2D eigenvalue weighted by Crippen LogP contribution is -2.55. The highest BCUT2D eigenvalue weighted by atomic mass is 16.5. The molecule has 1 aliphatic carbocycles. The molecule has 1 heterocycles. The lowest BCUT2D eigenvalue weighted by Gasteiger charge is -2.45. The predicted octanol–water partition coefficient (Wildman–Crippen LogP) is 0.570. The van der Waals surface area contributed by atoms with Crippen molar-refractivity contribution in [1.29, 1.82) is 0 Å². The first-order valence-electron chi connectivity index (χ1n) is 5.27. The molecule has 0 unspecified atom stereocenters. The molecule has 14 heavy (non-hydrogen) atoms. The van der Waals surface area contributed by atoms with Gasteiger partial charge in [-0.05, 0) is 19.8 Å². The Labute approximate surface area is 83.8 Å². The summed E-state index contributed by atoms with van der Waals surface area (Å²) in [7, 11) is 0. The van der Waals surface area contributed by atoms with Gasteiger partial charge >= 0.3 is 5.97 Å². The van der Waals surface area contributed by atoms with E-state index in [-0.39, 0.29) is 18.1 Å². The van der Waals surface area contributed by atoms with Gasteiger partial charge in [-0.3, -0.25) is 9.69 Å². The van der Waals surface area contributed by atoms with Crippen molar-refractivity contribution in [1.82, 2.24) is 4.90 Å². The summed E-state index contributed by atoms with van der Waals surface area (Å²) in [6.45, 7) is 4.55. The molecule has 2 fully saturated rings. The summed E-state index contributed by atoms with van der Waals surface area (Å²) in [5, 5.41) is 8.94. The Kier molecular flexibility index (Phi) is 2.74. The van der Waals surface area contributed by atoms with Gasteiger partial charge in [-0.25, -0.2) is 0 Å². The maximum Gasteiger partial charge on any atom is 0.308 e. The molecule has 1 saturated carbocycles. The van der Waals surface area contributed by atoms with Crippen LogP contribution in [0.1, 0.15) is 19.8 Å². The van der Waals surface area contributed by atoms with E-state index in [0.717, 1.165) is 32.5 Å². The van der Waals surface area contributed by atoms with Crippen LogP contribution >= 0.6 is 0 Å². The molecular formula is C10H17NO3. The van der Waals surface area contributed by atoms with Crippen LogP contribution in [0.15, 0.2) is 0 Å². The molecule has 1 aliphatic heterocycles. The summed E-state index contributed by atoms with van der Waals surface area (Å²) in [6.07, 6.45) is 2.12. The predicted molar refractivity (Wildman–Crippen MR) is 51.1 cm³/mol. The van der Waals surface area contributed by atoms with Crippen molar-refractivity contribution in [2.45, 2.75) is 31.9 Å². The highest BCUT2D eigenvalue weighted by Gasteiger charge is 2.41. The van der Waals surface area contributed by atoms with E-state index in [1.807, 2.05) is 6.92 Å². The van der Waals surface area contributed by atoms with Crippen molar-refractivity contribution in [3.05, 3.63) is 0 Å². The normalized spacial score (nSPS) is 39.1. The van der Waals surface area contributed by atoms with Crippen molar-refractivity contribution in [2.75, 3.05) is 19.7 Å². The Morgan fingerprint density at radius 2 is 2.29 bits per heavy atom. The number of nitrogens with zero attached hydrogens (tertiary/aromatic N) is 1. The minimum absolute atomic E-state index is 0.139. The maximum absolute atomic E-state index is 10.9. The molecule has 1 N–H and O–H groups in total. The van der Waals surface area contributed by atoms with Crippen LogP contribution in [0, 0.1) is 5.92 Å². The van der Waals surface area contributed by atoms with E-state index in [1.165, 1.54) is 0 Å². The summed E-state index contributed by atoms with van der Waals surface area (Å²) in [4.78, 5) is 13.1. The van der Waals surface area contributed by atoms with Crippen molar-refractivity contribution >= 4 is 5.97 Å². The Morgan fingerprint density at radius 1 is 1.50 bits per heavy atom. The van der Waals surface area contributed by atoms with E-state index < -0.39 is 5.97 Å². The molecule has 0 aromatic rings. The number of carboxylic acid groups (broad SMARTS) is 1. The molecule has 0 spiro atoms. The standard InChI is InChI=1S/C10H17NO3/c1-7-6-11(4-5-14-7)9-3-2-8(9)10(12)13/h7-9H,2-6H2,1H3,(H,12,13)/t7-,8+,9-/m1/s1. The van der Waals surface area contributed by atoms with E-state index in [9.17, 15) is 4.79 Å².